The van der Waals surface area contributed by atoms with E-state index in [9.17, 15) is 4.79 Å². The highest BCUT2D eigenvalue weighted by molar-refractivity contribution is 5.68. The van der Waals surface area contributed by atoms with Crippen molar-refractivity contribution in [2.45, 2.75) is 39.0 Å². The fraction of sp³-hybridized carbons (Fsp3) is 0.667. The molecule has 1 fully saturated rings. The Bertz CT molecular complexity index is 400. The lowest BCUT2D eigenvalue weighted by molar-refractivity contribution is 0.0843. The van der Waals surface area contributed by atoms with Crippen molar-refractivity contribution in [1.29, 1.82) is 0 Å². The Morgan fingerprint density at radius 1 is 1.35 bits per heavy atom. The number of amides is 1. The van der Waals surface area contributed by atoms with Gasteiger partial charge in [0.2, 0.25) is 0 Å². The minimum absolute atomic E-state index is 0.0364. The molecule has 2 heterocycles. The topological polar surface area (TPSA) is 47.4 Å². The van der Waals surface area contributed by atoms with E-state index in [2.05, 4.69) is 25.9 Å². The van der Waals surface area contributed by atoms with Crippen LogP contribution in [0.1, 0.15) is 39.3 Å². The van der Waals surface area contributed by atoms with E-state index in [1.54, 1.807) is 11.1 Å². The molecule has 1 aromatic heterocycles. The fourth-order valence-electron chi connectivity index (χ4n) is 1.80. The number of likely N-dealkylation sites (tertiary alicyclic amines) is 1. The second kappa shape index (κ2) is 4.39. The zero-order valence-electron chi connectivity index (χ0n) is 10.6. The molecule has 5 heteroatoms. The van der Waals surface area contributed by atoms with Crippen LogP contribution in [0.3, 0.4) is 0 Å². The first-order chi connectivity index (χ1) is 7.97. The van der Waals surface area contributed by atoms with Crippen molar-refractivity contribution in [3.63, 3.8) is 0 Å². The lowest BCUT2D eigenvalue weighted by Crippen LogP contribution is -2.35. The van der Waals surface area contributed by atoms with Gasteiger partial charge in [-0.3, -0.25) is 4.84 Å². The number of carbonyl (C=O) groups excluding carboxylic acids is 1. The molecule has 1 aromatic rings. The van der Waals surface area contributed by atoms with E-state index in [0.29, 0.717) is 0 Å². The molecule has 0 radical (unpaired) electrons. The summed E-state index contributed by atoms with van der Waals surface area (Å²) in [4.78, 5) is 19.8. The summed E-state index contributed by atoms with van der Waals surface area (Å²) in [5, 5.41) is 4.24. The second-order valence-corrected chi connectivity index (χ2v) is 5.40. The SMILES string of the molecule is CC(C)(C)c1ccn(OC(=O)N2CCCC2)n1. The van der Waals surface area contributed by atoms with Gasteiger partial charge in [0.15, 0.2) is 0 Å². The van der Waals surface area contributed by atoms with Crippen LogP contribution in [0.25, 0.3) is 0 Å². The average Bonchev–Trinajstić information content (AvgIpc) is 2.85. The molecule has 17 heavy (non-hydrogen) atoms. The largest absolute Gasteiger partial charge is 0.435 e. The minimum Gasteiger partial charge on any atom is -0.306 e. The summed E-state index contributed by atoms with van der Waals surface area (Å²) >= 11 is 0. The van der Waals surface area contributed by atoms with Gasteiger partial charge in [0, 0.05) is 18.5 Å². The third kappa shape index (κ3) is 2.78. The van der Waals surface area contributed by atoms with Crippen LogP contribution in [0, 0.1) is 0 Å². The van der Waals surface area contributed by atoms with Gasteiger partial charge < -0.3 is 4.90 Å². The van der Waals surface area contributed by atoms with E-state index < -0.39 is 0 Å². The molecule has 94 valence electrons. The van der Waals surface area contributed by atoms with Gasteiger partial charge in [-0.25, -0.2) is 4.79 Å². The van der Waals surface area contributed by atoms with Crippen molar-refractivity contribution in [3.8, 4) is 0 Å². The number of hydrogen-bond acceptors (Lipinski definition) is 3. The monoisotopic (exact) mass is 237 g/mol. The highest BCUT2D eigenvalue weighted by atomic mass is 16.7. The summed E-state index contributed by atoms with van der Waals surface area (Å²) in [6, 6.07) is 1.87. The fourth-order valence-corrected chi connectivity index (χ4v) is 1.80. The molecule has 0 saturated carbocycles. The van der Waals surface area contributed by atoms with E-state index in [0.717, 1.165) is 31.6 Å². The molecule has 5 nitrogen and oxygen atoms in total. The molecule has 0 aliphatic carbocycles. The van der Waals surface area contributed by atoms with Gasteiger partial charge in [-0.2, -0.15) is 0 Å². The third-order valence-corrected chi connectivity index (χ3v) is 2.87. The van der Waals surface area contributed by atoms with Crippen LogP contribution in [0.5, 0.6) is 0 Å². The molecule has 1 saturated heterocycles. The van der Waals surface area contributed by atoms with Crippen LogP contribution in [0.4, 0.5) is 4.79 Å². The first kappa shape index (κ1) is 12.0. The third-order valence-electron chi connectivity index (χ3n) is 2.87. The molecule has 0 spiro atoms. The summed E-state index contributed by atoms with van der Waals surface area (Å²) in [5.41, 5.74) is 0.873. The predicted octanol–water partition coefficient (Wildman–Crippen LogP) is 1.83. The number of carbonyl (C=O) groups is 1. The van der Waals surface area contributed by atoms with Crippen LogP contribution < -0.4 is 4.84 Å². The molecule has 0 atom stereocenters. The Kier molecular flexibility index (Phi) is 3.09. The van der Waals surface area contributed by atoms with Crippen molar-refractivity contribution in [2.75, 3.05) is 13.1 Å². The van der Waals surface area contributed by atoms with Gasteiger partial charge in [0.1, 0.15) is 0 Å². The van der Waals surface area contributed by atoms with Crippen molar-refractivity contribution in [1.82, 2.24) is 14.8 Å². The molecule has 1 amide bonds. The predicted molar refractivity (Wildman–Crippen MR) is 63.7 cm³/mol. The maximum atomic E-state index is 11.7. The van der Waals surface area contributed by atoms with Gasteiger partial charge in [-0.15, -0.1) is 5.10 Å². The molecule has 0 bridgehead atoms. The van der Waals surface area contributed by atoms with Crippen LogP contribution in [-0.2, 0) is 5.41 Å². The lowest BCUT2D eigenvalue weighted by atomic mass is 9.93. The molecule has 2 rings (SSSR count). The maximum Gasteiger partial charge on any atom is 0.435 e. The summed E-state index contributed by atoms with van der Waals surface area (Å²) in [5.74, 6) is 0. The molecule has 0 N–H and O–H groups in total. The number of rotatable bonds is 1. The number of nitrogens with zero attached hydrogens (tertiary/aromatic N) is 3. The summed E-state index contributed by atoms with van der Waals surface area (Å²) < 4.78 is 0. The molecular formula is C12H19N3O2. The standard InChI is InChI=1S/C12H19N3O2/c1-12(2,3)10-6-9-15(13-10)17-11(16)14-7-4-5-8-14/h6,9H,4-5,7-8H2,1-3H3. The summed E-state index contributed by atoms with van der Waals surface area (Å²) in [7, 11) is 0. The molecule has 0 aromatic carbocycles. The van der Waals surface area contributed by atoms with E-state index in [1.807, 2.05) is 6.07 Å². The van der Waals surface area contributed by atoms with Gasteiger partial charge in [0.25, 0.3) is 0 Å². The molecular weight excluding hydrogens is 218 g/mol. The maximum absolute atomic E-state index is 11.7. The lowest BCUT2D eigenvalue weighted by Gasteiger charge is -2.15. The summed E-state index contributed by atoms with van der Waals surface area (Å²) in [6.07, 6.45) is 3.48. The van der Waals surface area contributed by atoms with Crippen molar-refractivity contribution in [2.24, 2.45) is 0 Å². The average molecular weight is 237 g/mol. The van der Waals surface area contributed by atoms with Gasteiger partial charge >= 0.3 is 6.09 Å². The number of hydrogen-bond donors (Lipinski definition) is 0. The van der Waals surface area contributed by atoms with E-state index in [1.165, 1.54) is 4.85 Å². The highest BCUT2D eigenvalue weighted by Gasteiger charge is 2.22. The van der Waals surface area contributed by atoms with E-state index >= 15 is 0 Å². The highest BCUT2D eigenvalue weighted by Crippen LogP contribution is 2.19. The molecule has 1 aliphatic rings. The summed E-state index contributed by atoms with van der Waals surface area (Å²) in [6.45, 7) is 7.78. The van der Waals surface area contributed by atoms with Crippen LogP contribution in [0.2, 0.25) is 0 Å². The smallest absolute Gasteiger partial charge is 0.306 e. The van der Waals surface area contributed by atoms with E-state index in [4.69, 9.17) is 4.84 Å². The Labute approximate surface area is 101 Å². The van der Waals surface area contributed by atoms with Crippen LogP contribution >= 0.6 is 0 Å². The Morgan fingerprint density at radius 3 is 2.53 bits per heavy atom. The zero-order chi connectivity index (χ0) is 12.5. The van der Waals surface area contributed by atoms with E-state index in [-0.39, 0.29) is 11.5 Å². The Balaban J connectivity index is 1.99. The quantitative estimate of drug-likeness (QED) is 0.748. The number of aromatic nitrogens is 2. The normalized spacial score (nSPS) is 16.3. The Morgan fingerprint density at radius 2 is 2.00 bits per heavy atom. The molecule has 0 unspecified atom stereocenters. The van der Waals surface area contributed by atoms with Gasteiger partial charge in [-0.05, 0) is 18.9 Å². The van der Waals surface area contributed by atoms with Crippen molar-refractivity contribution < 1.29 is 9.63 Å². The zero-order valence-corrected chi connectivity index (χ0v) is 10.6. The van der Waals surface area contributed by atoms with Crippen molar-refractivity contribution in [3.05, 3.63) is 18.0 Å². The van der Waals surface area contributed by atoms with Crippen LogP contribution in [0.15, 0.2) is 12.3 Å². The molecule has 1 aliphatic heterocycles. The minimum atomic E-state index is -0.314. The van der Waals surface area contributed by atoms with Gasteiger partial charge in [-0.1, -0.05) is 25.6 Å². The first-order valence-corrected chi connectivity index (χ1v) is 6.00. The Hall–Kier alpha value is -1.52. The van der Waals surface area contributed by atoms with Crippen LogP contribution in [-0.4, -0.2) is 34.0 Å². The van der Waals surface area contributed by atoms with Gasteiger partial charge in [0.05, 0.1) is 11.9 Å². The first-order valence-electron chi connectivity index (χ1n) is 6.00. The second-order valence-electron chi connectivity index (χ2n) is 5.40. The van der Waals surface area contributed by atoms with Crippen molar-refractivity contribution >= 4 is 6.09 Å².